The van der Waals surface area contributed by atoms with Crippen molar-refractivity contribution < 1.29 is 9.90 Å². The van der Waals surface area contributed by atoms with Gasteiger partial charge in [0.05, 0.1) is 0 Å². The van der Waals surface area contributed by atoms with Gasteiger partial charge >= 0.3 is 0 Å². The maximum Gasteiger partial charge on any atom is 0.264 e. The van der Waals surface area contributed by atoms with Gasteiger partial charge in [-0.3, -0.25) is 4.79 Å². The van der Waals surface area contributed by atoms with Crippen molar-refractivity contribution in [2.45, 2.75) is 63.6 Å². The van der Waals surface area contributed by atoms with Crippen LogP contribution in [0.3, 0.4) is 0 Å². The number of carbonyl (C=O) groups is 1. The van der Waals surface area contributed by atoms with Crippen molar-refractivity contribution in [2.75, 3.05) is 0 Å². The first-order valence-electron chi connectivity index (χ1n) is 5.87. The second-order valence-corrected chi connectivity index (χ2v) is 4.32. The molecule has 1 N–H and O–H groups in total. The van der Waals surface area contributed by atoms with Crippen LogP contribution in [0, 0.1) is 0 Å². The maximum absolute atomic E-state index is 10.6. The first-order chi connectivity index (χ1) is 6.79. The fourth-order valence-corrected chi connectivity index (χ4v) is 2.21. The quantitative estimate of drug-likeness (QED) is 0.682. The van der Waals surface area contributed by atoms with Crippen LogP contribution in [-0.2, 0) is 0 Å². The predicted molar refractivity (Wildman–Crippen MR) is 59.1 cm³/mol. The molecule has 1 radical (unpaired) electrons. The lowest BCUT2D eigenvalue weighted by Gasteiger charge is -2.15. The molecule has 3 heteroatoms. The van der Waals surface area contributed by atoms with E-state index in [1.807, 2.05) is 0 Å². The van der Waals surface area contributed by atoms with Crippen LogP contribution in [0.2, 0.25) is 5.82 Å². The highest BCUT2D eigenvalue weighted by molar-refractivity contribution is 6.72. The Bertz CT molecular complexity index is 161. The molecule has 79 valence electrons. The number of rotatable bonds is 2. The highest BCUT2D eigenvalue weighted by atomic mass is 16.4. The Balaban J connectivity index is 2.26. The van der Waals surface area contributed by atoms with E-state index in [0.29, 0.717) is 5.82 Å². The molecule has 0 saturated heterocycles. The second-order valence-electron chi connectivity index (χ2n) is 4.32. The van der Waals surface area contributed by atoms with Crippen molar-refractivity contribution in [1.82, 2.24) is 0 Å². The highest BCUT2D eigenvalue weighted by Crippen LogP contribution is 2.24. The third-order valence-corrected chi connectivity index (χ3v) is 3.03. The fourth-order valence-electron chi connectivity index (χ4n) is 2.21. The van der Waals surface area contributed by atoms with Gasteiger partial charge in [0.15, 0.2) is 0 Å². The van der Waals surface area contributed by atoms with Crippen LogP contribution in [0.5, 0.6) is 0 Å². The third kappa shape index (κ3) is 5.30. The van der Waals surface area contributed by atoms with E-state index in [-0.39, 0.29) is 0 Å². The molecule has 0 spiro atoms. The van der Waals surface area contributed by atoms with Crippen molar-refractivity contribution >= 4 is 13.1 Å². The lowest BCUT2D eigenvalue weighted by atomic mass is 9.60. The van der Waals surface area contributed by atoms with Crippen molar-refractivity contribution in [2.24, 2.45) is 0 Å². The van der Waals surface area contributed by atoms with Gasteiger partial charge in [0.25, 0.3) is 7.28 Å². The smallest absolute Gasteiger partial charge is 0.264 e. The van der Waals surface area contributed by atoms with Crippen molar-refractivity contribution in [3.8, 4) is 0 Å². The topological polar surface area (TPSA) is 37.3 Å². The number of carboxylic acid groups (broad SMARTS) is 1. The van der Waals surface area contributed by atoms with E-state index in [4.69, 9.17) is 5.11 Å². The summed E-state index contributed by atoms with van der Waals surface area (Å²) >= 11 is 0. The Morgan fingerprint density at radius 3 is 1.79 bits per heavy atom. The summed E-state index contributed by atoms with van der Waals surface area (Å²) in [7, 11) is 1.50. The molecule has 0 aromatic heterocycles. The van der Waals surface area contributed by atoms with Crippen molar-refractivity contribution in [3.63, 3.8) is 0 Å². The summed E-state index contributed by atoms with van der Waals surface area (Å²) in [6.07, 6.45) is 11.2. The lowest BCUT2D eigenvalue weighted by Crippen LogP contribution is -2.13. The van der Waals surface area contributed by atoms with Crippen LogP contribution in [0.1, 0.15) is 57.8 Å². The van der Waals surface area contributed by atoms with Gasteiger partial charge in [0.1, 0.15) is 0 Å². The normalized spacial score (nSPS) is 21.4. The SMILES string of the molecule is O=C(O)[B]C1CCCCCCCCC1. The molecule has 0 amide bonds. The van der Waals surface area contributed by atoms with Gasteiger partial charge in [-0.2, -0.15) is 0 Å². The Kier molecular flexibility index (Phi) is 5.73. The summed E-state index contributed by atoms with van der Waals surface area (Å²) < 4.78 is 0. The molecular weight excluding hydrogens is 175 g/mol. The summed E-state index contributed by atoms with van der Waals surface area (Å²) in [5.74, 6) is -0.419. The molecule has 14 heavy (non-hydrogen) atoms. The van der Waals surface area contributed by atoms with Crippen molar-refractivity contribution in [3.05, 3.63) is 0 Å². The van der Waals surface area contributed by atoms with E-state index in [1.54, 1.807) is 0 Å². The average molecular weight is 195 g/mol. The second kappa shape index (κ2) is 6.91. The van der Waals surface area contributed by atoms with Gasteiger partial charge in [0, 0.05) is 0 Å². The molecule has 0 aliphatic heterocycles. The average Bonchev–Trinajstić information content (AvgIpc) is 2.15. The molecule has 1 saturated carbocycles. The molecule has 1 aliphatic carbocycles. The largest absolute Gasteiger partial charge is 0.490 e. The van der Waals surface area contributed by atoms with E-state index in [2.05, 4.69) is 0 Å². The fraction of sp³-hybridized carbons (Fsp3) is 0.909. The van der Waals surface area contributed by atoms with E-state index >= 15 is 0 Å². The predicted octanol–water partition coefficient (Wildman–Crippen LogP) is 3.68. The zero-order valence-electron chi connectivity index (χ0n) is 8.87. The standard InChI is InChI=1S/C11H20BO2/c13-11(14)12-10-8-6-4-2-1-3-5-7-9-10/h10H,1-9H2,(H,13,14). The van der Waals surface area contributed by atoms with E-state index in [1.165, 1.54) is 52.2 Å². The van der Waals surface area contributed by atoms with E-state index < -0.39 is 5.87 Å². The zero-order valence-corrected chi connectivity index (χ0v) is 8.87. The van der Waals surface area contributed by atoms with Gasteiger partial charge in [-0.25, -0.2) is 0 Å². The molecule has 0 aromatic carbocycles. The summed E-state index contributed by atoms with van der Waals surface area (Å²) in [5, 5.41) is 8.70. The molecule has 0 heterocycles. The van der Waals surface area contributed by atoms with Crippen LogP contribution in [-0.4, -0.2) is 18.3 Å². The lowest BCUT2D eigenvalue weighted by molar-refractivity contribution is 0.219. The summed E-state index contributed by atoms with van der Waals surface area (Å²) in [4.78, 5) is 10.6. The molecule has 0 aromatic rings. The van der Waals surface area contributed by atoms with E-state index in [9.17, 15) is 4.79 Å². The van der Waals surface area contributed by atoms with Gasteiger partial charge < -0.3 is 5.11 Å². The molecule has 0 unspecified atom stereocenters. The molecular formula is C11H20BO2. The molecule has 0 bridgehead atoms. The van der Waals surface area contributed by atoms with Gasteiger partial charge in [0.2, 0.25) is 5.87 Å². The number of hydrogen-bond acceptors (Lipinski definition) is 1. The molecule has 2 nitrogen and oxygen atoms in total. The molecule has 1 rings (SSSR count). The Labute approximate surface area is 87.3 Å². The summed E-state index contributed by atoms with van der Waals surface area (Å²) in [6.45, 7) is 0. The Morgan fingerprint density at radius 2 is 1.36 bits per heavy atom. The van der Waals surface area contributed by atoms with Crippen LogP contribution >= 0.6 is 0 Å². The van der Waals surface area contributed by atoms with Crippen LogP contribution < -0.4 is 0 Å². The van der Waals surface area contributed by atoms with Crippen LogP contribution in [0.15, 0.2) is 0 Å². The van der Waals surface area contributed by atoms with Gasteiger partial charge in [-0.15, -0.1) is 0 Å². The highest BCUT2D eigenvalue weighted by Gasteiger charge is 2.15. The minimum absolute atomic E-state index is 0.325. The van der Waals surface area contributed by atoms with Crippen LogP contribution in [0.25, 0.3) is 0 Å². The minimum atomic E-state index is -0.743. The van der Waals surface area contributed by atoms with Gasteiger partial charge in [-0.05, 0) is 0 Å². The summed E-state index contributed by atoms with van der Waals surface area (Å²) in [5.41, 5.74) is 0. The van der Waals surface area contributed by atoms with Gasteiger partial charge in [-0.1, -0.05) is 63.6 Å². The first kappa shape index (κ1) is 11.6. The Hall–Kier alpha value is -0.465. The molecule has 1 aliphatic rings. The summed E-state index contributed by atoms with van der Waals surface area (Å²) in [6, 6.07) is 0. The minimum Gasteiger partial charge on any atom is -0.490 e. The maximum atomic E-state index is 10.6. The zero-order chi connectivity index (χ0) is 10.2. The van der Waals surface area contributed by atoms with E-state index in [0.717, 1.165) is 12.8 Å². The third-order valence-electron chi connectivity index (χ3n) is 3.03. The Morgan fingerprint density at radius 1 is 0.929 bits per heavy atom. The number of hydrogen-bond donors (Lipinski definition) is 1. The first-order valence-corrected chi connectivity index (χ1v) is 5.87. The van der Waals surface area contributed by atoms with Crippen molar-refractivity contribution in [1.29, 1.82) is 0 Å². The monoisotopic (exact) mass is 195 g/mol. The molecule has 0 atom stereocenters. The van der Waals surface area contributed by atoms with Crippen LogP contribution in [0.4, 0.5) is 4.79 Å². The molecule has 1 fully saturated rings.